The molecule has 0 radical (unpaired) electrons. The highest BCUT2D eigenvalue weighted by Crippen LogP contribution is 2.29. The summed E-state index contributed by atoms with van der Waals surface area (Å²) in [6.07, 6.45) is 4.68. The molecule has 160 valence electrons. The van der Waals surface area contributed by atoms with Crippen molar-refractivity contribution in [2.24, 2.45) is 0 Å². The van der Waals surface area contributed by atoms with E-state index in [2.05, 4.69) is 29.0 Å². The van der Waals surface area contributed by atoms with Crippen molar-refractivity contribution in [2.45, 2.75) is 50.3 Å². The van der Waals surface area contributed by atoms with Gasteiger partial charge in [-0.1, -0.05) is 54.6 Å². The molecule has 1 amide bonds. The third-order valence-corrected chi connectivity index (χ3v) is 6.38. The van der Waals surface area contributed by atoms with Crippen molar-refractivity contribution in [3.05, 3.63) is 60.2 Å². The van der Waals surface area contributed by atoms with E-state index in [-0.39, 0.29) is 24.3 Å². The van der Waals surface area contributed by atoms with Gasteiger partial charge in [-0.25, -0.2) is 17.9 Å². The summed E-state index contributed by atoms with van der Waals surface area (Å²) in [6, 6.07) is 17.7. The monoisotopic (exact) mass is 428 g/mol. The molecule has 0 bridgehead atoms. The Hall–Kier alpha value is -2.38. The molecule has 2 fully saturated rings. The molecule has 2 atom stereocenters. The van der Waals surface area contributed by atoms with Crippen molar-refractivity contribution in [1.29, 1.82) is 0 Å². The van der Waals surface area contributed by atoms with Crippen LogP contribution in [0.2, 0.25) is 0 Å². The second-order valence-corrected chi connectivity index (χ2v) is 10.0. The number of ether oxygens (including phenoxy) is 1. The number of carbonyl (C=O) groups is 1. The van der Waals surface area contributed by atoms with E-state index >= 15 is 0 Å². The fourth-order valence-electron chi connectivity index (χ4n) is 4.09. The molecule has 1 saturated heterocycles. The van der Waals surface area contributed by atoms with Gasteiger partial charge in [0.25, 0.3) is 0 Å². The van der Waals surface area contributed by atoms with Crippen LogP contribution in [0.4, 0.5) is 4.79 Å². The van der Waals surface area contributed by atoms with Crippen molar-refractivity contribution >= 4 is 16.1 Å². The lowest BCUT2D eigenvalue weighted by Gasteiger charge is -2.40. The van der Waals surface area contributed by atoms with Gasteiger partial charge in [0.1, 0.15) is 6.10 Å². The summed E-state index contributed by atoms with van der Waals surface area (Å²) in [5.41, 5.74) is 3.29. The molecule has 7 heteroatoms. The Balaban J connectivity index is 1.59. The molecule has 1 aliphatic heterocycles. The van der Waals surface area contributed by atoms with Gasteiger partial charge in [0, 0.05) is 12.6 Å². The summed E-state index contributed by atoms with van der Waals surface area (Å²) in [7, 11) is -3.39. The number of piperidine rings is 1. The van der Waals surface area contributed by atoms with Crippen LogP contribution in [-0.2, 0) is 21.2 Å². The van der Waals surface area contributed by atoms with Gasteiger partial charge in [-0.3, -0.25) is 0 Å². The van der Waals surface area contributed by atoms with Crippen LogP contribution >= 0.6 is 0 Å². The number of hydrogen-bond acceptors (Lipinski definition) is 4. The first-order valence-corrected chi connectivity index (χ1v) is 12.4. The van der Waals surface area contributed by atoms with Crippen LogP contribution < -0.4 is 4.72 Å². The van der Waals surface area contributed by atoms with Crippen molar-refractivity contribution in [3.63, 3.8) is 0 Å². The molecular formula is C23H28N2O4S. The van der Waals surface area contributed by atoms with Crippen LogP contribution in [0.3, 0.4) is 0 Å². The smallest absolute Gasteiger partial charge is 0.410 e. The summed E-state index contributed by atoms with van der Waals surface area (Å²) >= 11 is 0. The summed E-state index contributed by atoms with van der Waals surface area (Å²) in [5, 5.41) is 0. The van der Waals surface area contributed by atoms with E-state index in [1.165, 1.54) is 6.26 Å². The first-order valence-electron chi connectivity index (χ1n) is 10.5. The van der Waals surface area contributed by atoms with Crippen molar-refractivity contribution in [1.82, 2.24) is 9.62 Å². The fourth-order valence-corrected chi connectivity index (χ4v) is 4.92. The van der Waals surface area contributed by atoms with Crippen LogP contribution in [0.5, 0.6) is 0 Å². The lowest BCUT2D eigenvalue weighted by atomic mass is 9.90. The number of benzene rings is 2. The first kappa shape index (κ1) is 20.9. The van der Waals surface area contributed by atoms with Crippen molar-refractivity contribution < 1.29 is 17.9 Å². The van der Waals surface area contributed by atoms with Crippen LogP contribution in [0, 0.1) is 0 Å². The minimum absolute atomic E-state index is 0.0165. The molecule has 2 aromatic rings. The zero-order valence-electron chi connectivity index (χ0n) is 17.2. The summed E-state index contributed by atoms with van der Waals surface area (Å²) in [6.45, 7) is 0.580. The maximum absolute atomic E-state index is 12.8. The maximum Gasteiger partial charge on any atom is 0.410 e. The number of sulfonamides is 1. The van der Waals surface area contributed by atoms with Gasteiger partial charge in [0.15, 0.2) is 0 Å². The molecule has 1 aliphatic carbocycles. The fraction of sp³-hybridized carbons (Fsp3) is 0.435. The SMILES string of the molecule is CS(=O)(=O)N[C@@H]1CCCN(C(=O)OC2CC2)[C@@H]1Cc1cccc(-c2ccccc2)c1. The van der Waals surface area contributed by atoms with E-state index in [0.717, 1.165) is 36.0 Å². The Morgan fingerprint density at radius 3 is 2.50 bits per heavy atom. The van der Waals surface area contributed by atoms with Crippen LogP contribution in [0.15, 0.2) is 54.6 Å². The van der Waals surface area contributed by atoms with Gasteiger partial charge in [-0.05, 0) is 48.8 Å². The van der Waals surface area contributed by atoms with Crippen LogP contribution in [0.25, 0.3) is 11.1 Å². The van der Waals surface area contributed by atoms with Gasteiger partial charge in [-0.15, -0.1) is 0 Å². The lowest BCUT2D eigenvalue weighted by molar-refractivity contribution is 0.0598. The van der Waals surface area contributed by atoms with Gasteiger partial charge in [-0.2, -0.15) is 0 Å². The summed E-state index contributed by atoms with van der Waals surface area (Å²) in [5.74, 6) is 0. The molecular weight excluding hydrogens is 400 g/mol. The van der Waals surface area contributed by atoms with E-state index in [9.17, 15) is 13.2 Å². The van der Waals surface area contributed by atoms with Gasteiger partial charge in [0.05, 0.1) is 12.3 Å². The van der Waals surface area contributed by atoms with Gasteiger partial charge < -0.3 is 9.64 Å². The minimum atomic E-state index is -3.39. The summed E-state index contributed by atoms with van der Waals surface area (Å²) < 4.78 is 32.2. The maximum atomic E-state index is 12.8. The third-order valence-electron chi connectivity index (χ3n) is 5.65. The molecule has 2 aromatic carbocycles. The van der Waals surface area contributed by atoms with Crippen LogP contribution in [-0.4, -0.2) is 50.4 Å². The van der Waals surface area contributed by atoms with Gasteiger partial charge >= 0.3 is 6.09 Å². The number of likely N-dealkylation sites (tertiary alicyclic amines) is 1. The third kappa shape index (κ3) is 5.40. The highest BCUT2D eigenvalue weighted by atomic mass is 32.2. The second kappa shape index (κ2) is 8.78. The van der Waals surface area contributed by atoms with E-state index in [1.54, 1.807) is 4.90 Å². The Labute approximate surface area is 178 Å². The van der Waals surface area contributed by atoms with E-state index in [1.807, 2.05) is 30.3 Å². The van der Waals surface area contributed by atoms with E-state index in [0.29, 0.717) is 19.4 Å². The number of amides is 1. The average Bonchev–Trinajstić information content (AvgIpc) is 3.53. The summed E-state index contributed by atoms with van der Waals surface area (Å²) in [4.78, 5) is 14.5. The Morgan fingerprint density at radius 1 is 1.07 bits per heavy atom. The molecule has 0 aromatic heterocycles. The second-order valence-electron chi connectivity index (χ2n) is 8.25. The van der Waals surface area contributed by atoms with Crippen molar-refractivity contribution in [3.8, 4) is 11.1 Å². The predicted molar refractivity (Wildman–Crippen MR) is 117 cm³/mol. The molecule has 2 aliphatic rings. The Kier molecular flexibility index (Phi) is 6.11. The molecule has 4 rings (SSSR count). The number of nitrogens with zero attached hydrogens (tertiary/aromatic N) is 1. The first-order chi connectivity index (χ1) is 14.4. The Bertz CT molecular complexity index is 989. The quantitative estimate of drug-likeness (QED) is 0.763. The highest BCUT2D eigenvalue weighted by molar-refractivity contribution is 7.88. The molecule has 1 saturated carbocycles. The molecule has 1 N–H and O–H groups in total. The molecule has 30 heavy (non-hydrogen) atoms. The van der Waals surface area contributed by atoms with E-state index in [4.69, 9.17) is 4.74 Å². The number of carbonyl (C=O) groups excluding carboxylic acids is 1. The van der Waals surface area contributed by atoms with Gasteiger partial charge in [0.2, 0.25) is 10.0 Å². The number of nitrogens with one attached hydrogen (secondary N) is 1. The largest absolute Gasteiger partial charge is 0.446 e. The minimum Gasteiger partial charge on any atom is -0.446 e. The highest BCUT2D eigenvalue weighted by Gasteiger charge is 2.38. The average molecular weight is 429 g/mol. The molecule has 0 spiro atoms. The van der Waals surface area contributed by atoms with Crippen LogP contribution in [0.1, 0.15) is 31.2 Å². The molecule has 0 unspecified atom stereocenters. The predicted octanol–water partition coefficient (Wildman–Crippen LogP) is 3.58. The normalized spacial score (nSPS) is 22.0. The lowest BCUT2D eigenvalue weighted by Crippen LogP contribution is -2.57. The number of hydrogen-bond donors (Lipinski definition) is 1. The zero-order valence-corrected chi connectivity index (χ0v) is 18.0. The molecule has 6 nitrogen and oxygen atoms in total. The standard InChI is InChI=1S/C23H28N2O4S/c1-30(27,28)24-21-11-6-14-25(23(26)29-20-12-13-20)22(21)16-17-7-5-10-19(15-17)18-8-3-2-4-9-18/h2-5,7-10,15,20-22,24H,6,11-14,16H2,1H3/t21-,22-/m1/s1. The Morgan fingerprint density at radius 2 is 1.80 bits per heavy atom. The molecule has 1 heterocycles. The van der Waals surface area contributed by atoms with Crippen molar-refractivity contribution in [2.75, 3.05) is 12.8 Å². The van der Waals surface area contributed by atoms with E-state index < -0.39 is 10.0 Å². The topological polar surface area (TPSA) is 75.7 Å². The zero-order chi connectivity index (χ0) is 21.1. The number of rotatable bonds is 6.